The maximum atomic E-state index is 13.0. The normalized spacial score (nSPS) is 13.5. The first-order chi connectivity index (χ1) is 15.5. The lowest BCUT2D eigenvalue weighted by molar-refractivity contribution is 0.101. The summed E-state index contributed by atoms with van der Waals surface area (Å²) in [7, 11) is 4.59. The van der Waals surface area contributed by atoms with Gasteiger partial charge in [-0.1, -0.05) is 12.1 Å². The number of Topliss-reactive ketones (excluding diaryl/α,β-unsaturated/α-hetero) is 1. The van der Waals surface area contributed by atoms with Gasteiger partial charge in [-0.15, -0.1) is 0 Å². The molecule has 0 saturated heterocycles. The third-order valence-corrected chi connectivity index (χ3v) is 4.98. The molecule has 1 aliphatic heterocycles. The first-order valence-corrected chi connectivity index (χ1v) is 9.78. The Balaban J connectivity index is 1.56. The molecule has 0 aromatic heterocycles. The summed E-state index contributed by atoms with van der Waals surface area (Å²) in [6.07, 6.45) is 1.60. The van der Waals surface area contributed by atoms with Crippen LogP contribution < -0.4 is 23.7 Å². The zero-order valence-corrected chi connectivity index (χ0v) is 17.8. The van der Waals surface area contributed by atoms with Crippen LogP contribution in [0.3, 0.4) is 0 Å². The lowest BCUT2D eigenvalue weighted by Crippen LogP contribution is -2.00. The fourth-order valence-corrected chi connectivity index (χ4v) is 3.31. The van der Waals surface area contributed by atoms with Crippen molar-refractivity contribution < 1.29 is 32.9 Å². The van der Waals surface area contributed by atoms with E-state index in [1.165, 1.54) is 33.5 Å². The number of allylic oxidation sites excluding steroid dienone is 1. The Bertz CT molecular complexity index is 1180. The number of ether oxygens (including phenoxy) is 5. The van der Waals surface area contributed by atoms with E-state index in [4.69, 9.17) is 23.7 Å². The zero-order chi connectivity index (χ0) is 22.7. The maximum Gasteiger partial charge on any atom is 0.231 e. The summed E-state index contributed by atoms with van der Waals surface area (Å²) in [5.74, 6) is 2.05. The van der Waals surface area contributed by atoms with E-state index in [1.54, 1.807) is 48.5 Å². The molecule has 1 aliphatic rings. The molecule has 32 heavy (non-hydrogen) atoms. The third-order valence-electron chi connectivity index (χ3n) is 4.98. The van der Waals surface area contributed by atoms with Crippen LogP contribution in [-0.2, 0) is 6.61 Å². The smallest absolute Gasteiger partial charge is 0.231 e. The fraction of sp³-hybridized carbons (Fsp3) is 0.160. The van der Waals surface area contributed by atoms with E-state index >= 15 is 0 Å². The highest BCUT2D eigenvalue weighted by atomic mass is 19.1. The lowest BCUT2D eigenvalue weighted by atomic mass is 10.1. The molecular formula is C25H21FO6. The molecule has 0 unspecified atom stereocenters. The van der Waals surface area contributed by atoms with Gasteiger partial charge in [0.25, 0.3) is 0 Å². The molecule has 4 rings (SSSR count). The quantitative estimate of drug-likeness (QED) is 0.483. The van der Waals surface area contributed by atoms with Crippen LogP contribution >= 0.6 is 0 Å². The SMILES string of the molecule is COc1cc(OC)c(OC)cc1/C=C1\Oc2cc(OCc3ccc(F)cc3)ccc2C1=O. The summed E-state index contributed by atoms with van der Waals surface area (Å²) < 4.78 is 40.7. The number of fused-ring (bicyclic) bond motifs is 1. The molecule has 0 radical (unpaired) electrons. The van der Waals surface area contributed by atoms with Crippen molar-refractivity contribution in [2.45, 2.75) is 6.61 Å². The second kappa shape index (κ2) is 9.01. The van der Waals surface area contributed by atoms with E-state index in [-0.39, 0.29) is 24.0 Å². The minimum Gasteiger partial charge on any atom is -0.496 e. The number of benzene rings is 3. The Kier molecular flexibility index (Phi) is 5.98. The molecule has 0 bridgehead atoms. The van der Waals surface area contributed by atoms with Gasteiger partial charge in [0.2, 0.25) is 5.78 Å². The molecule has 0 saturated carbocycles. The molecule has 0 fully saturated rings. The molecule has 6 nitrogen and oxygen atoms in total. The van der Waals surface area contributed by atoms with E-state index in [1.807, 2.05) is 0 Å². The van der Waals surface area contributed by atoms with Gasteiger partial charge in [-0.3, -0.25) is 4.79 Å². The number of carbonyl (C=O) groups is 1. The highest BCUT2D eigenvalue weighted by Gasteiger charge is 2.28. The van der Waals surface area contributed by atoms with Gasteiger partial charge in [0, 0.05) is 17.7 Å². The second-order valence-electron chi connectivity index (χ2n) is 6.96. The largest absolute Gasteiger partial charge is 0.496 e. The van der Waals surface area contributed by atoms with Crippen LogP contribution in [0, 0.1) is 5.82 Å². The van der Waals surface area contributed by atoms with E-state index in [9.17, 15) is 9.18 Å². The van der Waals surface area contributed by atoms with E-state index < -0.39 is 0 Å². The average Bonchev–Trinajstić information content (AvgIpc) is 3.12. The summed E-state index contributed by atoms with van der Waals surface area (Å²) in [5.41, 5.74) is 1.86. The third kappa shape index (κ3) is 4.23. The van der Waals surface area contributed by atoms with Crippen molar-refractivity contribution in [2.75, 3.05) is 21.3 Å². The standard InChI is InChI=1S/C25H21FO6/c1-28-20-13-23(30-3)22(29-2)10-16(20)11-24-25(27)19-9-8-18(12-21(19)32-24)31-14-15-4-6-17(26)7-5-15/h4-13H,14H2,1-3H3/b24-11-. The van der Waals surface area contributed by atoms with Crippen LogP contribution in [0.1, 0.15) is 21.5 Å². The number of ketones is 1. The summed E-state index contributed by atoms with van der Waals surface area (Å²) >= 11 is 0. The van der Waals surface area contributed by atoms with Crippen molar-refractivity contribution in [3.63, 3.8) is 0 Å². The van der Waals surface area contributed by atoms with Gasteiger partial charge in [0.15, 0.2) is 17.3 Å². The number of carbonyl (C=O) groups excluding carboxylic acids is 1. The molecule has 0 N–H and O–H groups in total. The molecule has 0 aliphatic carbocycles. The number of methoxy groups -OCH3 is 3. The number of hydrogen-bond donors (Lipinski definition) is 0. The van der Waals surface area contributed by atoms with Gasteiger partial charge in [0.05, 0.1) is 26.9 Å². The minimum absolute atomic E-state index is 0.154. The molecule has 3 aromatic rings. The molecule has 7 heteroatoms. The Hall–Kier alpha value is -4.00. The summed E-state index contributed by atoms with van der Waals surface area (Å²) in [6.45, 7) is 0.262. The van der Waals surface area contributed by atoms with E-state index in [0.717, 1.165) is 5.56 Å². The molecule has 3 aromatic carbocycles. The molecule has 0 amide bonds. The second-order valence-corrected chi connectivity index (χ2v) is 6.96. The lowest BCUT2D eigenvalue weighted by Gasteiger charge is -2.12. The van der Waals surface area contributed by atoms with Crippen molar-refractivity contribution in [2.24, 2.45) is 0 Å². The zero-order valence-electron chi connectivity index (χ0n) is 17.8. The van der Waals surface area contributed by atoms with Crippen LogP contribution in [0.15, 0.2) is 60.4 Å². The highest BCUT2D eigenvalue weighted by Crippen LogP contribution is 2.39. The Labute approximate surface area is 184 Å². The van der Waals surface area contributed by atoms with Crippen molar-refractivity contribution in [3.8, 4) is 28.7 Å². The van der Waals surface area contributed by atoms with Crippen LogP contribution in [0.5, 0.6) is 28.7 Å². The van der Waals surface area contributed by atoms with E-state index in [0.29, 0.717) is 39.9 Å². The van der Waals surface area contributed by atoms with Crippen molar-refractivity contribution in [1.29, 1.82) is 0 Å². The molecule has 1 heterocycles. The maximum absolute atomic E-state index is 13.0. The number of rotatable bonds is 7. The van der Waals surface area contributed by atoms with Gasteiger partial charge in [0.1, 0.15) is 29.7 Å². The van der Waals surface area contributed by atoms with Crippen LogP contribution in [0.4, 0.5) is 4.39 Å². The Morgan fingerprint density at radius 2 is 1.56 bits per heavy atom. The first kappa shape index (κ1) is 21.2. The van der Waals surface area contributed by atoms with Crippen LogP contribution in [0.25, 0.3) is 6.08 Å². The van der Waals surface area contributed by atoms with Crippen molar-refractivity contribution in [1.82, 2.24) is 0 Å². The van der Waals surface area contributed by atoms with Crippen LogP contribution in [0.2, 0.25) is 0 Å². The van der Waals surface area contributed by atoms with Crippen molar-refractivity contribution in [3.05, 3.63) is 82.9 Å². The first-order valence-electron chi connectivity index (χ1n) is 9.78. The molecule has 0 spiro atoms. The van der Waals surface area contributed by atoms with Gasteiger partial charge in [-0.2, -0.15) is 0 Å². The fourth-order valence-electron chi connectivity index (χ4n) is 3.31. The monoisotopic (exact) mass is 436 g/mol. The predicted octanol–water partition coefficient (Wildman–Crippen LogP) is 5.05. The van der Waals surface area contributed by atoms with Crippen molar-refractivity contribution >= 4 is 11.9 Å². The summed E-state index contributed by atoms with van der Waals surface area (Å²) in [5, 5.41) is 0. The number of halogens is 1. The summed E-state index contributed by atoms with van der Waals surface area (Å²) in [6, 6.07) is 14.5. The average molecular weight is 436 g/mol. The highest BCUT2D eigenvalue weighted by molar-refractivity contribution is 6.14. The Morgan fingerprint density at radius 3 is 2.25 bits per heavy atom. The van der Waals surface area contributed by atoms with Gasteiger partial charge in [-0.25, -0.2) is 4.39 Å². The molecule has 0 atom stereocenters. The summed E-state index contributed by atoms with van der Waals surface area (Å²) in [4.78, 5) is 12.8. The van der Waals surface area contributed by atoms with E-state index in [2.05, 4.69) is 0 Å². The number of hydrogen-bond acceptors (Lipinski definition) is 6. The van der Waals surface area contributed by atoms with Crippen LogP contribution in [-0.4, -0.2) is 27.1 Å². The Morgan fingerprint density at radius 1 is 0.875 bits per heavy atom. The topological polar surface area (TPSA) is 63.2 Å². The van der Waals surface area contributed by atoms with Gasteiger partial charge in [-0.05, 0) is 42.0 Å². The minimum atomic E-state index is -0.302. The molecular weight excluding hydrogens is 415 g/mol. The predicted molar refractivity (Wildman–Crippen MR) is 116 cm³/mol. The van der Waals surface area contributed by atoms with Gasteiger partial charge >= 0.3 is 0 Å². The van der Waals surface area contributed by atoms with Gasteiger partial charge < -0.3 is 23.7 Å². The molecule has 164 valence electrons.